The van der Waals surface area contributed by atoms with Crippen molar-refractivity contribution in [1.29, 1.82) is 0 Å². The lowest BCUT2D eigenvalue weighted by atomic mass is 9.71. The van der Waals surface area contributed by atoms with Gasteiger partial charge in [0.1, 0.15) is 6.17 Å². The highest BCUT2D eigenvalue weighted by molar-refractivity contribution is 5.88. The van der Waals surface area contributed by atoms with E-state index in [1.54, 1.807) is 0 Å². The van der Waals surface area contributed by atoms with Crippen molar-refractivity contribution in [3.05, 3.63) is 0 Å². The monoisotopic (exact) mass is 187 g/mol. The van der Waals surface area contributed by atoms with E-state index in [4.69, 9.17) is 5.21 Å². The molecule has 0 amide bonds. The minimum atomic E-state index is -1.04. The Hall–Kier alpha value is -0.600. The quantitative estimate of drug-likeness (QED) is 0.459. The maximum atomic E-state index is 13.3. The molecule has 0 saturated heterocycles. The van der Waals surface area contributed by atoms with Gasteiger partial charge in [0.05, 0.1) is 5.71 Å². The van der Waals surface area contributed by atoms with Crippen LogP contribution in [0.1, 0.15) is 40.0 Å². The summed E-state index contributed by atoms with van der Waals surface area (Å²) < 4.78 is 13.3. The predicted molar refractivity (Wildman–Crippen MR) is 50.9 cm³/mol. The van der Waals surface area contributed by atoms with Crippen LogP contribution in [-0.4, -0.2) is 17.1 Å². The molecule has 13 heavy (non-hydrogen) atoms. The second-order valence-corrected chi connectivity index (χ2v) is 4.90. The largest absolute Gasteiger partial charge is 0.411 e. The van der Waals surface area contributed by atoms with Crippen molar-refractivity contribution in [2.24, 2.45) is 16.5 Å². The smallest absolute Gasteiger partial charge is 0.142 e. The molecule has 0 aliphatic heterocycles. The van der Waals surface area contributed by atoms with Crippen LogP contribution in [0.15, 0.2) is 5.16 Å². The van der Waals surface area contributed by atoms with Crippen LogP contribution in [0.2, 0.25) is 0 Å². The number of nitrogens with zero attached hydrogens (tertiary/aromatic N) is 1. The van der Waals surface area contributed by atoms with E-state index in [1.807, 2.05) is 0 Å². The van der Waals surface area contributed by atoms with E-state index >= 15 is 0 Å². The Bertz CT molecular complexity index is 207. The number of alkyl halides is 1. The average molecular weight is 187 g/mol. The van der Waals surface area contributed by atoms with Crippen LogP contribution in [-0.2, 0) is 0 Å². The molecule has 0 heterocycles. The van der Waals surface area contributed by atoms with E-state index in [-0.39, 0.29) is 5.41 Å². The van der Waals surface area contributed by atoms with Crippen LogP contribution in [0.25, 0.3) is 0 Å². The van der Waals surface area contributed by atoms with E-state index in [0.29, 0.717) is 24.5 Å². The van der Waals surface area contributed by atoms with Crippen LogP contribution >= 0.6 is 0 Å². The SMILES string of the molecule is CC(C)(C)[C@H]1CC/C(=N\O)[C@H](F)C1. The summed E-state index contributed by atoms with van der Waals surface area (Å²) >= 11 is 0. The molecular formula is C10H18FNO. The van der Waals surface area contributed by atoms with Crippen molar-refractivity contribution in [3.63, 3.8) is 0 Å². The van der Waals surface area contributed by atoms with Gasteiger partial charge in [-0.3, -0.25) is 0 Å². The molecule has 1 aliphatic rings. The maximum Gasteiger partial charge on any atom is 0.142 e. The molecule has 3 heteroatoms. The van der Waals surface area contributed by atoms with Gasteiger partial charge in [0, 0.05) is 0 Å². The van der Waals surface area contributed by atoms with Crippen molar-refractivity contribution in [2.75, 3.05) is 0 Å². The summed E-state index contributed by atoms with van der Waals surface area (Å²) in [7, 11) is 0. The van der Waals surface area contributed by atoms with E-state index < -0.39 is 6.17 Å². The highest BCUT2D eigenvalue weighted by Crippen LogP contribution is 2.37. The highest BCUT2D eigenvalue weighted by atomic mass is 19.1. The summed E-state index contributed by atoms with van der Waals surface area (Å²) in [5.41, 5.74) is 0.478. The van der Waals surface area contributed by atoms with E-state index in [9.17, 15) is 4.39 Å². The normalized spacial score (nSPS) is 33.7. The van der Waals surface area contributed by atoms with Crippen LogP contribution in [0, 0.1) is 11.3 Å². The predicted octanol–water partition coefficient (Wildman–Crippen LogP) is 3.00. The maximum absolute atomic E-state index is 13.3. The van der Waals surface area contributed by atoms with Gasteiger partial charge in [-0.2, -0.15) is 0 Å². The summed E-state index contributed by atoms with van der Waals surface area (Å²) in [6.07, 6.45) is 0.995. The Labute approximate surface area is 78.8 Å². The van der Waals surface area contributed by atoms with Gasteiger partial charge in [-0.05, 0) is 30.6 Å². The number of halogens is 1. The lowest BCUT2D eigenvalue weighted by Crippen LogP contribution is -2.33. The Kier molecular flexibility index (Phi) is 2.94. The van der Waals surface area contributed by atoms with Crippen LogP contribution < -0.4 is 0 Å². The first kappa shape index (κ1) is 10.5. The van der Waals surface area contributed by atoms with Crippen molar-refractivity contribution in [3.8, 4) is 0 Å². The lowest BCUT2D eigenvalue weighted by Gasteiger charge is -2.35. The molecule has 0 aromatic heterocycles. The van der Waals surface area contributed by atoms with Crippen LogP contribution in [0.5, 0.6) is 0 Å². The van der Waals surface area contributed by atoms with Gasteiger partial charge >= 0.3 is 0 Å². The number of hydrogen-bond acceptors (Lipinski definition) is 2. The number of hydrogen-bond donors (Lipinski definition) is 1. The van der Waals surface area contributed by atoms with Gasteiger partial charge in [-0.1, -0.05) is 25.9 Å². The number of oxime groups is 1. The van der Waals surface area contributed by atoms with Crippen molar-refractivity contribution in [2.45, 2.75) is 46.2 Å². The van der Waals surface area contributed by atoms with E-state index in [0.717, 1.165) is 6.42 Å². The molecule has 2 atom stereocenters. The third-order valence-corrected chi connectivity index (χ3v) is 2.96. The van der Waals surface area contributed by atoms with Crippen LogP contribution in [0.3, 0.4) is 0 Å². The molecule has 2 nitrogen and oxygen atoms in total. The molecule has 0 aromatic rings. The average Bonchev–Trinajstić information content (AvgIpc) is 2.02. The van der Waals surface area contributed by atoms with Gasteiger partial charge in [-0.15, -0.1) is 0 Å². The standard InChI is InChI=1S/C10H18FNO/c1-10(2,3)7-4-5-9(12-13)8(11)6-7/h7-8,13H,4-6H2,1-3H3/b12-9+/t7-,8+/m0/s1. The minimum Gasteiger partial charge on any atom is -0.411 e. The molecule has 1 rings (SSSR count). The fourth-order valence-corrected chi connectivity index (χ4v) is 1.88. The molecule has 1 aliphatic carbocycles. The zero-order valence-electron chi connectivity index (χ0n) is 8.55. The first-order valence-electron chi connectivity index (χ1n) is 4.80. The fourth-order valence-electron chi connectivity index (χ4n) is 1.88. The second kappa shape index (κ2) is 3.64. The second-order valence-electron chi connectivity index (χ2n) is 4.90. The van der Waals surface area contributed by atoms with Gasteiger partial charge in [0.25, 0.3) is 0 Å². The molecule has 1 saturated carbocycles. The molecular weight excluding hydrogens is 169 g/mol. The van der Waals surface area contributed by atoms with Gasteiger partial charge in [0.2, 0.25) is 0 Å². The topological polar surface area (TPSA) is 32.6 Å². The third kappa shape index (κ3) is 2.42. The van der Waals surface area contributed by atoms with Crippen molar-refractivity contribution < 1.29 is 9.60 Å². The Morgan fingerprint density at radius 1 is 1.46 bits per heavy atom. The van der Waals surface area contributed by atoms with Crippen molar-refractivity contribution >= 4 is 5.71 Å². The fraction of sp³-hybridized carbons (Fsp3) is 0.900. The summed E-state index contributed by atoms with van der Waals surface area (Å²) in [5.74, 6) is 0.396. The molecule has 1 fully saturated rings. The molecule has 0 unspecified atom stereocenters. The minimum absolute atomic E-state index is 0.158. The highest BCUT2D eigenvalue weighted by Gasteiger charge is 2.34. The van der Waals surface area contributed by atoms with Crippen molar-refractivity contribution in [1.82, 2.24) is 0 Å². The van der Waals surface area contributed by atoms with E-state index in [1.165, 1.54) is 0 Å². The van der Waals surface area contributed by atoms with E-state index in [2.05, 4.69) is 25.9 Å². The zero-order chi connectivity index (χ0) is 10.1. The summed E-state index contributed by atoms with van der Waals surface area (Å²) in [6.45, 7) is 6.39. The molecule has 0 bridgehead atoms. The molecule has 76 valence electrons. The number of rotatable bonds is 0. The molecule has 0 aromatic carbocycles. The first-order valence-corrected chi connectivity index (χ1v) is 4.80. The zero-order valence-corrected chi connectivity index (χ0v) is 8.55. The van der Waals surface area contributed by atoms with Gasteiger partial charge in [0.15, 0.2) is 0 Å². The lowest BCUT2D eigenvalue weighted by molar-refractivity contribution is 0.164. The Balaban J connectivity index is 2.61. The molecule has 1 N–H and O–H groups in total. The van der Waals surface area contributed by atoms with Crippen LogP contribution in [0.4, 0.5) is 4.39 Å². The third-order valence-electron chi connectivity index (χ3n) is 2.96. The van der Waals surface area contributed by atoms with Gasteiger partial charge in [-0.25, -0.2) is 4.39 Å². The molecule has 0 radical (unpaired) electrons. The molecule has 0 spiro atoms. The Morgan fingerprint density at radius 3 is 2.46 bits per heavy atom. The van der Waals surface area contributed by atoms with Gasteiger partial charge < -0.3 is 5.21 Å². The summed E-state index contributed by atoms with van der Waals surface area (Å²) in [5, 5.41) is 11.5. The first-order chi connectivity index (χ1) is 5.95. The summed E-state index contributed by atoms with van der Waals surface area (Å²) in [6, 6.07) is 0. The Morgan fingerprint density at radius 2 is 2.08 bits per heavy atom. The summed E-state index contributed by atoms with van der Waals surface area (Å²) in [4.78, 5) is 0.